The molecule has 1 aromatic carbocycles. The molecule has 0 aromatic heterocycles. The number of hydrogen-bond donors (Lipinski definition) is 4. The summed E-state index contributed by atoms with van der Waals surface area (Å²) in [5.41, 5.74) is 3.33. The summed E-state index contributed by atoms with van der Waals surface area (Å²) >= 11 is 0. The van der Waals surface area contributed by atoms with Crippen molar-refractivity contribution in [1.29, 1.82) is 0 Å². The van der Waals surface area contributed by atoms with Gasteiger partial charge in [-0.15, -0.1) is 0 Å². The van der Waals surface area contributed by atoms with E-state index in [1.807, 2.05) is 0 Å². The zero-order valence-electron chi connectivity index (χ0n) is 36.1. The van der Waals surface area contributed by atoms with Crippen LogP contribution in [-0.4, -0.2) is 101 Å². The van der Waals surface area contributed by atoms with Crippen molar-refractivity contribution in [3.63, 3.8) is 0 Å². The number of nitrogens with one attached hydrogen (secondary N) is 2. The first-order valence-electron chi connectivity index (χ1n) is 21.4. The number of nitro groups is 1. The van der Waals surface area contributed by atoms with Crippen LogP contribution in [0.5, 0.6) is 0 Å². The normalized spacial score (nSPS) is 19.5. The number of nitro benzene ring substituents is 1. The van der Waals surface area contributed by atoms with E-state index in [0.717, 1.165) is 75.6 Å². The summed E-state index contributed by atoms with van der Waals surface area (Å²) in [5.74, 6) is -8.03. The van der Waals surface area contributed by atoms with E-state index in [1.165, 1.54) is 18.1 Å². The number of amides is 4. The first-order chi connectivity index (χ1) is 29.3. The van der Waals surface area contributed by atoms with E-state index in [2.05, 4.69) is 15.4 Å². The number of rotatable bonds is 20. The number of aromatic carboxylic acids is 1. The Hall–Kier alpha value is -5.52. The smallest absolute Gasteiger partial charge is 0.336 e. The highest BCUT2D eigenvalue weighted by molar-refractivity contribution is 6.07. The maximum absolute atomic E-state index is 14.5. The SMILES string of the molecule is COC(=O)/C=C/CC[C@H](CC(=O)c1cc([N+](=O)[O-])ccc1C(=O)O)C(=O)N[C@H](C(=O)N1COC[C@H]1C(=O)N[C@H](C(=O)C[C@H](C(N)=O)C1CCCCC1)C1CCCCC1)C(C)(C)C. The molecule has 0 spiro atoms. The Bertz CT molecular complexity index is 1880. The molecule has 2 aliphatic carbocycles. The molecule has 2 saturated carbocycles. The quantitative estimate of drug-likeness (QED) is 0.0466. The van der Waals surface area contributed by atoms with Crippen LogP contribution in [0.3, 0.4) is 0 Å². The molecule has 0 unspecified atom stereocenters. The van der Waals surface area contributed by atoms with Gasteiger partial charge < -0.3 is 35.8 Å². The Morgan fingerprint density at radius 3 is 2.15 bits per heavy atom. The number of carboxylic acid groups (broad SMARTS) is 1. The number of ketones is 2. The molecule has 1 heterocycles. The minimum Gasteiger partial charge on any atom is -0.478 e. The number of esters is 1. The second-order valence-electron chi connectivity index (χ2n) is 17.7. The van der Waals surface area contributed by atoms with Gasteiger partial charge in [-0.3, -0.25) is 38.9 Å². The molecule has 4 amide bonds. The summed E-state index contributed by atoms with van der Waals surface area (Å²) in [6.45, 7) is 4.55. The summed E-state index contributed by atoms with van der Waals surface area (Å²) in [7, 11) is 1.18. The molecule has 5 N–H and O–H groups in total. The predicted octanol–water partition coefficient (Wildman–Crippen LogP) is 4.41. The fourth-order valence-corrected chi connectivity index (χ4v) is 8.78. The molecule has 340 valence electrons. The first kappa shape index (κ1) is 49.1. The third kappa shape index (κ3) is 13.2. The van der Waals surface area contributed by atoms with Gasteiger partial charge in [-0.05, 0) is 61.8 Å². The van der Waals surface area contributed by atoms with Gasteiger partial charge in [0.25, 0.3) is 5.69 Å². The van der Waals surface area contributed by atoms with Crippen LogP contribution in [0.1, 0.15) is 131 Å². The van der Waals surface area contributed by atoms with Crippen LogP contribution in [0.15, 0.2) is 30.4 Å². The van der Waals surface area contributed by atoms with Crippen molar-refractivity contribution >= 4 is 52.8 Å². The van der Waals surface area contributed by atoms with E-state index in [0.29, 0.717) is 12.8 Å². The molecular formula is C44H61N5O13. The van der Waals surface area contributed by atoms with Crippen LogP contribution >= 0.6 is 0 Å². The number of methoxy groups -OCH3 is 1. The van der Waals surface area contributed by atoms with E-state index in [-0.39, 0.29) is 50.2 Å². The van der Waals surface area contributed by atoms with Crippen molar-refractivity contribution in [1.82, 2.24) is 15.5 Å². The molecule has 0 radical (unpaired) electrons. The summed E-state index contributed by atoms with van der Waals surface area (Å²) in [4.78, 5) is 119. The number of carbonyl (C=O) groups excluding carboxylic acids is 7. The number of primary amides is 1. The summed E-state index contributed by atoms with van der Waals surface area (Å²) in [6, 6.07) is -0.686. The molecule has 1 aliphatic heterocycles. The van der Waals surface area contributed by atoms with Gasteiger partial charge in [-0.25, -0.2) is 9.59 Å². The molecule has 3 fully saturated rings. The van der Waals surface area contributed by atoms with E-state index < -0.39 is 105 Å². The second kappa shape index (κ2) is 22.5. The number of nitrogens with two attached hydrogens (primary N) is 1. The van der Waals surface area contributed by atoms with Gasteiger partial charge >= 0.3 is 11.9 Å². The van der Waals surface area contributed by atoms with Gasteiger partial charge in [0.1, 0.15) is 18.8 Å². The van der Waals surface area contributed by atoms with Crippen molar-refractivity contribution in [3.05, 3.63) is 51.6 Å². The number of nitrogens with zero attached hydrogens (tertiary/aromatic N) is 2. The largest absolute Gasteiger partial charge is 0.478 e. The zero-order chi connectivity index (χ0) is 45.7. The fourth-order valence-electron chi connectivity index (χ4n) is 8.78. The van der Waals surface area contributed by atoms with Crippen LogP contribution < -0.4 is 16.4 Å². The molecule has 18 heteroatoms. The van der Waals surface area contributed by atoms with Crippen molar-refractivity contribution in [2.75, 3.05) is 20.4 Å². The monoisotopic (exact) mass is 867 g/mol. The molecule has 4 rings (SSSR count). The average molecular weight is 868 g/mol. The topological polar surface area (TPSA) is 272 Å². The number of carbonyl (C=O) groups is 8. The molecule has 62 heavy (non-hydrogen) atoms. The number of non-ortho nitro benzene ring substituents is 1. The Labute approximate surface area is 361 Å². The van der Waals surface area contributed by atoms with E-state index in [9.17, 15) is 53.6 Å². The Morgan fingerprint density at radius 2 is 1.58 bits per heavy atom. The number of ether oxygens (including phenoxy) is 2. The van der Waals surface area contributed by atoms with E-state index in [4.69, 9.17) is 10.5 Å². The molecule has 1 saturated heterocycles. The van der Waals surface area contributed by atoms with Crippen molar-refractivity contribution in [2.24, 2.45) is 34.8 Å². The highest BCUT2D eigenvalue weighted by atomic mass is 16.6. The minimum atomic E-state index is -1.51. The maximum Gasteiger partial charge on any atom is 0.336 e. The number of hydrogen-bond acceptors (Lipinski definition) is 12. The fraction of sp³-hybridized carbons (Fsp3) is 0.636. The third-order valence-electron chi connectivity index (χ3n) is 12.3. The van der Waals surface area contributed by atoms with Gasteiger partial charge in [0, 0.05) is 48.4 Å². The van der Waals surface area contributed by atoms with Gasteiger partial charge in [-0.2, -0.15) is 0 Å². The minimum absolute atomic E-state index is 0.00942. The van der Waals surface area contributed by atoms with Crippen molar-refractivity contribution < 1.29 is 57.9 Å². The number of benzene rings is 1. The molecule has 3 aliphatic rings. The molecule has 1 aromatic rings. The molecule has 0 bridgehead atoms. The van der Waals surface area contributed by atoms with Crippen LogP contribution in [0.25, 0.3) is 0 Å². The number of allylic oxidation sites excluding steroid dienone is 1. The summed E-state index contributed by atoms with van der Waals surface area (Å²) in [6.07, 6.45) is 10.5. The van der Waals surface area contributed by atoms with E-state index >= 15 is 0 Å². The average Bonchev–Trinajstić information content (AvgIpc) is 3.74. The van der Waals surface area contributed by atoms with Gasteiger partial charge in [0.05, 0.1) is 30.2 Å². The lowest BCUT2D eigenvalue weighted by atomic mass is 9.75. The Balaban J connectivity index is 1.57. The number of Topliss-reactive ketones (excluding diaryl/α,β-unsaturated/α-hetero) is 2. The van der Waals surface area contributed by atoms with Gasteiger partial charge in [-0.1, -0.05) is 65.4 Å². The molecule has 5 atom stereocenters. The first-order valence-corrected chi connectivity index (χ1v) is 21.4. The third-order valence-corrected chi connectivity index (χ3v) is 12.3. The van der Waals surface area contributed by atoms with Crippen molar-refractivity contribution in [3.8, 4) is 0 Å². The molecular weight excluding hydrogens is 807 g/mol. The van der Waals surface area contributed by atoms with Crippen LogP contribution in [0.2, 0.25) is 0 Å². The maximum atomic E-state index is 14.5. The lowest BCUT2D eigenvalue weighted by Gasteiger charge is -2.36. The highest BCUT2D eigenvalue weighted by Crippen LogP contribution is 2.34. The lowest BCUT2D eigenvalue weighted by molar-refractivity contribution is -0.384. The van der Waals surface area contributed by atoms with Crippen LogP contribution in [-0.2, 0) is 38.2 Å². The zero-order valence-corrected chi connectivity index (χ0v) is 36.1. The Kier molecular flexibility index (Phi) is 17.9. The van der Waals surface area contributed by atoms with Crippen molar-refractivity contribution in [2.45, 2.75) is 129 Å². The molecule has 18 nitrogen and oxygen atoms in total. The van der Waals surface area contributed by atoms with Crippen LogP contribution in [0, 0.1) is 39.2 Å². The van der Waals surface area contributed by atoms with Gasteiger partial charge in [0.15, 0.2) is 11.6 Å². The lowest BCUT2D eigenvalue weighted by Crippen LogP contribution is -2.60. The number of carboxylic acids is 1. The predicted molar refractivity (Wildman–Crippen MR) is 223 cm³/mol. The Morgan fingerprint density at radius 1 is 0.952 bits per heavy atom. The van der Waals surface area contributed by atoms with Crippen LogP contribution in [0.4, 0.5) is 5.69 Å². The standard InChI is InChI=1S/C44H61N5O13/c1-44(2,3)38(47-40(54)28(17-11-12-18-36(52)61-4)21-34(50)32-22-29(49(59)60)19-20-30(32)43(57)58)42(56)48-25-62-24-33(48)41(55)46-37(27-15-9-6-10-16-27)35(51)23-31(39(45)53)26-13-7-5-8-14-26/h12,18-20,22,26-28,31,33,37-38H,5-11,13-17,21,23-25H2,1-4H3,(H2,45,53)(H,46,55)(H,47,54)(H,57,58)/b18-12+/t28-,31+,33+,37+,38-/m1/s1. The second-order valence-corrected chi connectivity index (χ2v) is 17.7. The summed E-state index contributed by atoms with van der Waals surface area (Å²) < 4.78 is 10.3. The highest BCUT2D eigenvalue weighted by Gasteiger charge is 2.45. The van der Waals surface area contributed by atoms with Gasteiger partial charge in [0.2, 0.25) is 23.6 Å². The summed E-state index contributed by atoms with van der Waals surface area (Å²) in [5, 5.41) is 26.9. The van der Waals surface area contributed by atoms with E-state index in [1.54, 1.807) is 20.8 Å².